The first-order chi connectivity index (χ1) is 9.26. The molecule has 0 heterocycles. The predicted molar refractivity (Wildman–Crippen MR) is 75.6 cm³/mol. The van der Waals surface area contributed by atoms with E-state index in [-0.39, 0.29) is 17.9 Å². The van der Waals surface area contributed by atoms with Crippen LogP contribution in [0.25, 0.3) is 0 Å². The third kappa shape index (κ3) is 24.7. The first kappa shape index (κ1) is 22.8. The molecule has 0 spiro atoms. The minimum absolute atomic E-state index is 0.329. The molecule has 0 bridgehead atoms. The molecule has 0 radical (unpaired) electrons. The lowest BCUT2D eigenvalue weighted by molar-refractivity contribution is -0.137. The van der Waals surface area contributed by atoms with Gasteiger partial charge in [0.15, 0.2) is 0 Å². The van der Waals surface area contributed by atoms with Gasteiger partial charge in [-0.2, -0.15) is 0 Å². The Morgan fingerprint density at radius 3 is 1.70 bits per heavy atom. The Morgan fingerprint density at radius 1 is 1.15 bits per heavy atom. The van der Waals surface area contributed by atoms with Crippen molar-refractivity contribution in [1.82, 2.24) is 0 Å². The highest BCUT2D eigenvalue weighted by atomic mass is 16.5. The maximum Gasteiger partial charge on any atom is 0.332 e. The highest BCUT2D eigenvalue weighted by Crippen LogP contribution is 1.87. The number of rotatable bonds is 4. The molecule has 0 aliphatic heterocycles. The van der Waals surface area contributed by atoms with E-state index in [1.165, 1.54) is 14.0 Å². The van der Waals surface area contributed by atoms with Crippen LogP contribution in [-0.4, -0.2) is 31.6 Å². The van der Waals surface area contributed by atoms with Crippen molar-refractivity contribution >= 4 is 17.9 Å². The van der Waals surface area contributed by atoms with Crippen molar-refractivity contribution in [3.05, 3.63) is 37.6 Å². The smallest absolute Gasteiger partial charge is 0.332 e. The van der Waals surface area contributed by atoms with Crippen LogP contribution in [0.3, 0.4) is 0 Å². The van der Waals surface area contributed by atoms with Gasteiger partial charge in [0.25, 0.3) is 0 Å². The molecule has 20 heavy (non-hydrogen) atoms. The van der Waals surface area contributed by atoms with Crippen LogP contribution in [0.15, 0.2) is 37.6 Å². The van der Waals surface area contributed by atoms with Gasteiger partial charge in [-0.15, -0.1) is 0 Å². The lowest BCUT2D eigenvalue weighted by Crippen LogP contribution is -1.98. The molecule has 0 N–H and O–H groups in total. The van der Waals surface area contributed by atoms with Crippen molar-refractivity contribution in [2.24, 2.45) is 0 Å². The Bertz CT molecular complexity index is 342. The fourth-order valence-electron chi connectivity index (χ4n) is 0.493. The topological polar surface area (TPSA) is 78.9 Å². The number of ether oxygens (including phenoxy) is 3. The normalized spacial score (nSPS) is 7.40. The molecule has 0 aliphatic carbocycles. The van der Waals surface area contributed by atoms with Crippen LogP contribution in [0.1, 0.15) is 20.8 Å². The average Bonchev–Trinajstić information content (AvgIpc) is 2.39. The van der Waals surface area contributed by atoms with E-state index in [2.05, 4.69) is 33.9 Å². The summed E-state index contributed by atoms with van der Waals surface area (Å²) >= 11 is 0. The quantitative estimate of drug-likeness (QED) is 0.341. The van der Waals surface area contributed by atoms with E-state index in [1.807, 2.05) is 0 Å². The lowest BCUT2D eigenvalue weighted by Gasteiger charge is -1.91. The molecule has 0 aromatic heterocycles. The van der Waals surface area contributed by atoms with Gasteiger partial charge >= 0.3 is 17.9 Å². The molecule has 0 aromatic rings. The van der Waals surface area contributed by atoms with E-state index in [1.54, 1.807) is 13.8 Å². The summed E-state index contributed by atoms with van der Waals surface area (Å²) in [5, 5.41) is 0. The van der Waals surface area contributed by atoms with Crippen LogP contribution >= 0.6 is 0 Å². The SMILES string of the molecule is C=C(C)C(=O)OC.C=CC(=O)OCC.C=COC(C)=O. The zero-order valence-electron chi connectivity index (χ0n) is 12.4. The zero-order valence-corrected chi connectivity index (χ0v) is 12.4. The molecule has 0 aliphatic rings. The Balaban J connectivity index is -0.000000218. The molecule has 0 aromatic carbocycles. The third-order valence-electron chi connectivity index (χ3n) is 1.24. The number of methoxy groups -OCH3 is 1. The standard InChI is InChI=1S/2C5H8O2.C4H6O2/c1-4(2)5(6)7-3;1-3-5(6)7-4-2;1-3-6-4(2)5/h1H2,2-3H3;3H,1,4H2,2H3;3H,1H2,2H3. The fourth-order valence-corrected chi connectivity index (χ4v) is 0.493. The Morgan fingerprint density at radius 2 is 1.65 bits per heavy atom. The molecular weight excluding hydrogens is 264 g/mol. The number of hydrogen-bond acceptors (Lipinski definition) is 6. The minimum Gasteiger partial charge on any atom is -0.466 e. The summed E-state index contributed by atoms with van der Waals surface area (Å²) in [6.07, 6.45) is 2.24. The summed E-state index contributed by atoms with van der Waals surface area (Å²) in [7, 11) is 1.33. The Labute approximate surface area is 119 Å². The first-order valence-corrected chi connectivity index (χ1v) is 5.57. The van der Waals surface area contributed by atoms with Crippen molar-refractivity contribution in [3.8, 4) is 0 Å². The summed E-state index contributed by atoms with van der Waals surface area (Å²) in [6.45, 7) is 14.8. The van der Waals surface area contributed by atoms with E-state index < -0.39 is 0 Å². The second-order valence-corrected chi connectivity index (χ2v) is 3.00. The molecule has 6 heteroatoms. The van der Waals surface area contributed by atoms with Crippen LogP contribution in [0.2, 0.25) is 0 Å². The Hall–Kier alpha value is -2.37. The van der Waals surface area contributed by atoms with E-state index in [0.717, 1.165) is 12.3 Å². The van der Waals surface area contributed by atoms with Crippen LogP contribution in [0, 0.1) is 0 Å². The molecule has 6 nitrogen and oxygen atoms in total. The minimum atomic E-state index is -0.359. The molecule has 0 saturated carbocycles. The summed E-state index contributed by atoms with van der Waals surface area (Å²) in [5.41, 5.74) is 0.433. The van der Waals surface area contributed by atoms with E-state index in [9.17, 15) is 14.4 Å². The zero-order chi connectivity index (χ0) is 16.6. The van der Waals surface area contributed by atoms with Gasteiger partial charge in [0.05, 0.1) is 20.0 Å². The van der Waals surface area contributed by atoms with Gasteiger partial charge in [-0.3, -0.25) is 4.79 Å². The van der Waals surface area contributed by atoms with Gasteiger partial charge in [0, 0.05) is 18.6 Å². The van der Waals surface area contributed by atoms with Gasteiger partial charge < -0.3 is 14.2 Å². The number of hydrogen-bond donors (Lipinski definition) is 0. The third-order valence-corrected chi connectivity index (χ3v) is 1.24. The monoisotopic (exact) mass is 286 g/mol. The molecule has 0 fully saturated rings. The molecule has 0 rings (SSSR count). The number of carbonyl (C=O) groups excluding carboxylic acids is 3. The van der Waals surface area contributed by atoms with Crippen molar-refractivity contribution < 1.29 is 28.6 Å². The predicted octanol–water partition coefficient (Wildman–Crippen LogP) is 2.16. The van der Waals surface area contributed by atoms with Gasteiger partial charge in [-0.1, -0.05) is 19.7 Å². The summed E-state index contributed by atoms with van der Waals surface area (Å²) < 4.78 is 12.9. The van der Waals surface area contributed by atoms with E-state index in [0.29, 0.717) is 12.2 Å². The van der Waals surface area contributed by atoms with Gasteiger partial charge in [-0.05, 0) is 13.8 Å². The van der Waals surface area contributed by atoms with E-state index >= 15 is 0 Å². The van der Waals surface area contributed by atoms with Crippen molar-refractivity contribution in [3.63, 3.8) is 0 Å². The summed E-state index contributed by atoms with van der Waals surface area (Å²) in [5.74, 6) is -1.03. The van der Waals surface area contributed by atoms with Gasteiger partial charge in [-0.25, -0.2) is 9.59 Å². The van der Waals surface area contributed by atoms with Crippen molar-refractivity contribution in [2.75, 3.05) is 13.7 Å². The highest BCUT2D eigenvalue weighted by molar-refractivity contribution is 5.86. The maximum absolute atomic E-state index is 10.2. The van der Waals surface area contributed by atoms with Crippen LogP contribution < -0.4 is 0 Å². The molecule has 114 valence electrons. The average molecular weight is 286 g/mol. The second-order valence-electron chi connectivity index (χ2n) is 3.00. The highest BCUT2D eigenvalue weighted by Gasteiger charge is 1.95. The summed E-state index contributed by atoms with van der Waals surface area (Å²) in [6, 6.07) is 0. The molecule has 0 atom stereocenters. The maximum atomic E-state index is 10.2. The van der Waals surface area contributed by atoms with Crippen LogP contribution in [0.4, 0.5) is 0 Å². The molecular formula is C14H22O6. The van der Waals surface area contributed by atoms with Crippen LogP contribution in [-0.2, 0) is 28.6 Å². The number of carbonyl (C=O) groups is 3. The first-order valence-electron chi connectivity index (χ1n) is 5.57. The van der Waals surface area contributed by atoms with Crippen LogP contribution in [0.5, 0.6) is 0 Å². The van der Waals surface area contributed by atoms with E-state index in [4.69, 9.17) is 0 Å². The second kappa shape index (κ2) is 16.6. The largest absolute Gasteiger partial charge is 0.466 e. The van der Waals surface area contributed by atoms with Crippen molar-refractivity contribution in [1.29, 1.82) is 0 Å². The summed E-state index contributed by atoms with van der Waals surface area (Å²) in [4.78, 5) is 30.0. The Kier molecular flexibility index (Phi) is 18.9. The molecule has 0 unspecified atom stereocenters. The van der Waals surface area contributed by atoms with Gasteiger partial charge in [0.1, 0.15) is 0 Å². The molecule has 0 saturated heterocycles. The van der Waals surface area contributed by atoms with Gasteiger partial charge in [0.2, 0.25) is 0 Å². The lowest BCUT2D eigenvalue weighted by atomic mass is 10.4. The number of esters is 3. The molecule has 0 amide bonds. The van der Waals surface area contributed by atoms with Crippen molar-refractivity contribution in [2.45, 2.75) is 20.8 Å². The fraction of sp³-hybridized carbons (Fsp3) is 0.357.